The standard InChI is InChI=1S/C14H23NO3S/c1-11-6-5-7-12(10-15)13(11)18-8-9-19(16,17)14(2,3)4/h5-7H,8-10,15H2,1-4H3. The van der Waals surface area contributed by atoms with Gasteiger partial charge in [-0.05, 0) is 33.3 Å². The van der Waals surface area contributed by atoms with Crippen LogP contribution in [0.25, 0.3) is 0 Å². The second-order valence-corrected chi connectivity index (χ2v) is 8.41. The molecule has 1 rings (SSSR count). The average molecular weight is 285 g/mol. The molecule has 2 N–H and O–H groups in total. The average Bonchev–Trinajstić information content (AvgIpc) is 2.29. The van der Waals surface area contributed by atoms with E-state index in [1.807, 2.05) is 25.1 Å². The SMILES string of the molecule is Cc1cccc(CN)c1OCCS(=O)(=O)C(C)(C)C. The van der Waals surface area contributed by atoms with Crippen molar-refractivity contribution in [2.45, 2.75) is 39.0 Å². The predicted octanol–water partition coefficient (Wildman–Crippen LogP) is 2.05. The molecule has 0 amide bonds. The third-order valence-electron chi connectivity index (χ3n) is 3.04. The molecule has 0 saturated heterocycles. The number of para-hydroxylation sites is 1. The summed E-state index contributed by atoms with van der Waals surface area (Å²) in [6.45, 7) is 7.54. The smallest absolute Gasteiger partial charge is 0.158 e. The summed E-state index contributed by atoms with van der Waals surface area (Å²) < 4.78 is 28.8. The Labute approximate surface area is 115 Å². The molecule has 0 radical (unpaired) electrons. The van der Waals surface area contributed by atoms with Crippen LogP contribution in [-0.4, -0.2) is 25.5 Å². The minimum absolute atomic E-state index is 0.00878. The molecule has 108 valence electrons. The van der Waals surface area contributed by atoms with Gasteiger partial charge in [-0.3, -0.25) is 0 Å². The number of hydrogen-bond acceptors (Lipinski definition) is 4. The molecule has 0 aliphatic carbocycles. The van der Waals surface area contributed by atoms with Crippen LogP contribution in [0.15, 0.2) is 18.2 Å². The van der Waals surface area contributed by atoms with Gasteiger partial charge in [0.25, 0.3) is 0 Å². The number of rotatable bonds is 5. The Morgan fingerprint density at radius 2 is 1.89 bits per heavy atom. The van der Waals surface area contributed by atoms with Crippen molar-refractivity contribution in [1.29, 1.82) is 0 Å². The van der Waals surface area contributed by atoms with Crippen LogP contribution in [-0.2, 0) is 16.4 Å². The second-order valence-electron chi connectivity index (χ2n) is 5.55. The van der Waals surface area contributed by atoms with Gasteiger partial charge in [0, 0.05) is 12.1 Å². The van der Waals surface area contributed by atoms with Crippen molar-refractivity contribution in [3.63, 3.8) is 0 Å². The highest BCUT2D eigenvalue weighted by Crippen LogP contribution is 2.23. The summed E-state index contributed by atoms with van der Waals surface area (Å²) in [5.74, 6) is 0.712. The number of ether oxygens (including phenoxy) is 1. The fourth-order valence-electron chi connectivity index (χ4n) is 1.64. The summed E-state index contributed by atoms with van der Waals surface area (Å²) in [4.78, 5) is 0. The molecule has 0 heterocycles. The van der Waals surface area contributed by atoms with Crippen molar-refractivity contribution < 1.29 is 13.2 Å². The van der Waals surface area contributed by atoms with Gasteiger partial charge in [0.1, 0.15) is 12.4 Å². The molecule has 0 atom stereocenters. The molecule has 0 spiro atoms. The highest BCUT2D eigenvalue weighted by Gasteiger charge is 2.28. The highest BCUT2D eigenvalue weighted by atomic mass is 32.2. The molecule has 1 aromatic rings. The summed E-state index contributed by atoms with van der Waals surface area (Å²) in [6, 6.07) is 5.73. The molecule has 4 nitrogen and oxygen atoms in total. The van der Waals surface area contributed by atoms with E-state index in [2.05, 4.69) is 0 Å². The zero-order chi connectivity index (χ0) is 14.7. The van der Waals surface area contributed by atoms with E-state index in [1.165, 1.54) is 0 Å². The maximum atomic E-state index is 12.0. The molecular formula is C14H23NO3S. The first-order valence-corrected chi connectivity index (χ1v) is 7.98. The van der Waals surface area contributed by atoms with Gasteiger partial charge in [0.2, 0.25) is 0 Å². The van der Waals surface area contributed by atoms with Crippen LogP contribution in [0, 0.1) is 6.92 Å². The number of benzene rings is 1. The summed E-state index contributed by atoms with van der Waals surface area (Å²) in [5, 5.41) is 0. The van der Waals surface area contributed by atoms with Crippen LogP contribution in [0.5, 0.6) is 5.75 Å². The van der Waals surface area contributed by atoms with Crippen LogP contribution in [0.2, 0.25) is 0 Å². The van der Waals surface area contributed by atoms with Crippen molar-refractivity contribution in [2.75, 3.05) is 12.4 Å². The summed E-state index contributed by atoms with van der Waals surface area (Å²) in [5.41, 5.74) is 7.51. The third-order valence-corrected chi connectivity index (χ3v) is 5.61. The molecular weight excluding hydrogens is 262 g/mol. The normalized spacial score (nSPS) is 12.5. The van der Waals surface area contributed by atoms with E-state index in [0.717, 1.165) is 11.1 Å². The van der Waals surface area contributed by atoms with Crippen molar-refractivity contribution in [3.05, 3.63) is 29.3 Å². The van der Waals surface area contributed by atoms with Gasteiger partial charge in [-0.25, -0.2) is 8.42 Å². The number of hydrogen-bond donors (Lipinski definition) is 1. The van der Waals surface area contributed by atoms with Crippen LogP contribution in [0.1, 0.15) is 31.9 Å². The minimum Gasteiger partial charge on any atom is -0.492 e. The molecule has 0 bridgehead atoms. The molecule has 19 heavy (non-hydrogen) atoms. The molecule has 0 aliphatic heterocycles. The van der Waals surface area contributed by atoms with Crippen molar-refractivity contribution in [1.82, 2.24) is 0 Å². The summed E-state index contributed by atoms with van der Waals surface area (Å²) in [7, 11) is -3.16. The predicted molar refractivity (Wildman–Crippen MR) is 78.1 cm³/mol. The molecule has 1 aromatic carbocycles. The van der Waals surface area contributed by atoms with E-state index in [4.69, 9.17) is 10.5 Å². The Bertz CT molecular complexity index is 530. The lowest BCUT2D eigenvalue weighted by Gasteiger charge is -2.20. The Hall–Kier alpha value is -1.07. The zero-order valence-corrected chi connectivity index (χ0v) is 12.9. The quantitative estimate of drug-likeness (QED) is 0.899. The van der Waals surface area contributed by atoms with E-state index in [0.29, 0.717) is 12.3 Å². The molecule has 0 saturated carbocycles. The minimum atomic E-state index is -3.16. The van der Waals surface area contributed by atoms with Crippen LogP contribution >= 0.6 is 0 Å². The number of sulfone groups is 1. The summed E-state index contributed by atoms with van der Waals surface area (Å²) >= 11 is 0. The van der Waals surface area contributed by atoms with Gasteiger partial charge < -0.3 is 10.5 Å². The maximum Gasteiger partial charge on any atom is 0.158 e. The van der Waals surface area contributed by atoms with Crippen molar-refractivity contribution in [2.24, 2.45) is 5.73 Å². The number of nitrogens with two attached hydrogens (primary N) is 1. The Balaban J connectivity index is 2.75. The maximum absolute atomic E-state index is 12.0. The van der Waals surface area contributed by atoms with Gasteiger partial charge in [-0.15, -0.1) is 0 Å². The zero-order valence-electron chi connectivity index (χ0n) is 12.1. The molecule has 0 unspecified atom stereocenters. The van der Waals surface area contributed by atoms with Crippen molar-refractivity contribution >= 4 is 9.84 Å². The first kappa shape index (κ1) is 16.0. The molecule has 0 aliphatic rings. The van der Waals surface area contributed by atoms with Crippen LogP contribution in [0.4, 0.5) is 0 Å². The van der Waals surface area contributed by atoms with Crippen LogP contribution in [0.3, 0.4) is 0 Å². The van der Waals surface area contributed by atoms with Gasteiger partial charge in [-0.2, -0.15) is 0 Å². The van der Waals surface area contributed by atoms with E-state index >= 15 is 0 Å². The van der Waals surface area contributed by atoms with Gasteiger partial charge >= 0.3 is 0 Å². The van der Waals surface area contributed by atoms with E-state index < -0.39 is 14.6 Å². The van der Waals surface area contributed by atoms with E-state index in [1.54, 1.807) is 20.8 Å². The monoisotopic (exact) mass is 285 g/mol. The number of aryl methyl sites for hydroxylation is 1. The molecule has 0 fully saturated rings. The largest absolute Gasteiger partial charge is 0.492 e. The third kappa shape index (κ3) is 3.94. The topological polar surface area (TPSA) is 69.4 Å². The second kappa shape index (κ2) is 5.92. The van der Waals surface area contributed by atoms with Gasteiger partial charge in [0.15, 0.2) is 9.84 Å². The van der Waals surface area contributed by atoms with E-state index in [9.17, 15) is 8.42 Å². The molecule has 5 heteroatoms. The fourth-order valence-corrected chi connectivity index (χ4v) is 2.56. The fraction of sp³-hybridized carbons (Fsp3) is 0.571. The van der Waals surface area contributed by atoms with Gasteiger partial charge in [-0.1, -0.05) is 18.2 Å². The highest BCUT2D eigenvalue weighted by molar-refractivity contribution is 7.92. The Kier molecular flexibility index (Phi) is 4.98. The van der Waals surface area contributed by atoms with Gasteiger partial charge in [0.05, 0.1) is 10.5 Å². The Morgan fingerprint density at radius 1 is 1.26 bits per heavy atom. The Morgan fingerprint density at radius 3 is 2.42 bits per heavy atom. The van der Waals surface area contributed by atoms with Crippen LogP contribution < -0.4 is 10.5 Å². The first-order valence-electron chi connectivity index (χ1n) is 6.32. The van der Waals surface area contributed by atoms with Crippen molar-refractivity contribution in [3.8, 4) is 5.75 Å². The summed E-state index contributed by atoms with van der Waals surface area (Å²) in [6.07, 6.45) is 0. The lowest BCUT2D eigenvalue weighted by atomic mass is 10.1. The lowest BCUT2D eigenvalue weighted by molar-refractivity contribution is 0.334. The first-order chi connectivity index (χ1) is 8.69. The molecule has 0 aromatic heterocycles. The van der Waals surface area contributed by atoms with E-state index in [-0.39, 0.29) is 12.4 Å². The lowest BCUT2D eigenvalue weighted by Crippen LogP contribution is -2.32.